The van der Waals surface area contributed by atoms with Crippen molar-refractivity contribution in [3.8, 4) is 0 Å². The molecule has 0 bridgehead atoms. The van der Waals surface area contributed by atoms with Crippen LogP contribution in [0.1, 0.15) is 51.7 Å². The Morgan fingerprint density at radius 3 is 2.29 bits per heavy atom. The highest BCUT2D eigenvalue weighted by Crippen LogP contribution is 2.25. The highest BCUT2D eigenvalue weighted by molar-refractivity contribution is 5.95. The van der Waals surface area contributed by atoms with E-state index in [0.717, 1.165) is 11.1 Å². The minimum atomic E-state index is -0.873. The smallest absolute Gasteiger partial charge is 0.309 e. The lowest BCUT2D eigenvalue weighted by Crippen LogP contribution is -2.45. The van der Waals surface area contributed by atoms with Gasteiger partial charge in [-0.2, -0.15) is 0 Å². The van der Waals surface area contributed by atoms with Gasteiger partial charge in [0.25, 0.3) is 5.91 Å². The largest absolute Gasteiger partial charge is 0.452 e. The van der Waals surface area contributed by atoms with E-state index < -0.39 is 11.5 Å². The van der Waals surface area contributed by atoms with Gasteiger partial charge in [0.05, 0.1) is 5.92 Å². The van der Waals surface area contributed by atoms with Crippen LogP contribution in [-0.2, 0) is 19.1 Å². The molecular formula is C22H32N2O4. The monoisotopic (exact) mass is 388 g/mol. The molecule has 2 rings (SSSR count). The number of hydrogen-bond donors (Lipinski definition) is 1. The van der Waals surface area contributed by atoms with Crippen LogP contribution in [0.15, 0.2) is 18.2 Å². The summed E-state index contributed by atoms with van der Waals surface area (Å²) in [6.45, 7) is 12.3. The summed E-state index contributed by atoms with van der Waals surface area (Å²) in [5, 5.41) is 2.82. The van der Waals surface area contributed by atoms with Crippen LogP contribution in [0, 0.1) is 25.2 Å². The zero-order valence-corrected chi connectivity index (χ0v) is 17.8. The highest BCUT2D eigenvalue weighted by atomic mass is 16.5. The molecular weight excluding hydrogens is 356 g/mol. The average Bonchev–Trinajstić information content (AvgIpc) is 2.62. The van der Waals surface area contributed by atoms with Crippen LogP contribution in [0.5, 0.6) is 0 Å². The summed E-state index contributed by atoms with van der Waals surface area (Å²) in [6, 6.07) is 5.75. The molecule has 1 fully saturated rings. The van der Waals surface area contributed by atoms with Crippen molar-refractivity contribution in [2.24, 2.45) is 11.3 Å². The van der Waals surface area contributed by atoms with E-state index in [0.29, 0.717) is 31.6 Å². The predicted octanol–water partition coefficient (Wildman–Crippen LogP) is 3.46. The zero-order chi connectivity index (χ0) is 21.1. The molecule has 0 aromatic heterocycles. The zero-order valence-electron chi connectivity index (χ0n) is 17.8. The molecule has 6 heteroatoms. The second kappa shape index (κ2) is 8.76. The molecule has 154 valence electrons. The van der Waals surface area contributed by atoms with Crippen LogP contribution in [0.2, 0.25) is 0 Å². The van der Waals surface area contributed by atoms with Crippen LogP contribution in [0.25, 0.3) is 0 Å². The number of ether oxygens (including phenoxy) is 1. The molecule has 0 saturated carbocycles. The number of nitrogens with one attached hydrogen (secondary N) is 1. The summed E-state index contributed by atoms with van der Waals surface area (Å²) in [6.07, 6.45) is 0.250. The van der Waals surface area contributed by atoms with Gasteiger partial charge in [-0.25, -0.2) is 0 Å². The van der Waals surface area contributed by atoms with E-state index in [-0.39, 0.29) is 23.7 Å². The fourth-order valence-electron chi connectivity index (χ4n) is 3.30. The van der Waals surface area contributed by atoms with E-state index >= 15 is 0 Å². The standard InChI is InChI=1S/C22H32N2O4/c1-14-7-8-18(15(2)13-14)23-19(25)16(3)28-20(26)17-9-11-24(12-10-17)21(27)22(4,5)6/h7-8,13,16-17H,9-12H2,1-6H3,(H,23,25)/t16-/m1/s1. The Kier molecular flexibility index (Phi) is 6.86. The molecule has 1 heterocycles. The first kappa shape index (κ1) is 21.9. The lowest BCUT2D eigenvalue weighted by atomic mass is 9.91. The van der Waals surface area contributed by atoms with E-state index in [9.17, 15) is 14.4 Å². The normalized spacial score (nSPS) is 16.4. The Labute approximate surface area is 167 Å². The maximum Gasteiger partial charge on any atom is 0.309 e. The van der Waals surface area contributed by atoms with Gasteiger partial charge in [-0.15, -0.1) is 0 Å². The van der Waals surface area contributed by atoms with E-state index in [1.807, 2.05) is 52.8 Å². The molecule has 0 spiro atoms. The number of nitrogens with zero attached hydrogens (tertiary/aromatic N) is 1. The maximum absolute atomic E-state index is 12.4. The van der Waals surface area contributed by atoms with Crippen molar-refractivity contribution in [3.63, 3.8) is 0 Å². The summed E-state index contributed by atoms with van der Waals surface area (Å²) in [5.74, 6) is -0.896. The minimum Gasteiger partial charge on any atom is -0.452 e. The van der Waals surface area contributed by atoms with Crippen LogP contribution in [0.4, 0.5) is 5.69 Å². The van der Waals surface area contributed by atoms with E-state index in [1.54, 1.807) is 11.8 Å². The Morgan fingerprint density at radius 2 is 1.75 bits per heavy atom. The number of likely N-dealkylation sites (tertiary alicyclic amines) is 1. The van der Waals surface area contributed by atoms with Gasteiger partial charge in [-0.3, -0.25) is 14.4 Å². The Hall–Kier alpha value is -2.37. The molecule has 28 heavy (non-hydrogen) atoms. The second-order valence-corrected chi connectivity index (χ2v) is 8.70. The van der Waals surface area contributed by atoms with Crippen molar-refractivity contribution in [2.45, 2.75) is 60.5 Å². The summed E-state index contributed by atoms with van der Waals surface area (Å²) in [5.41, 5.74) is 2.37. The molecule has 0 aliphatic carbocycles. The highest BCUT2D eigenvalue weighted by Gasteiger charge is 2.34. The lowest BCUT2D eigenvalue weighted by Gasteiger charge is -2.35. The van der Waals surface area contributed by atoms with Gasteiger partial charge in [0, 0.05) is 24.2 Å². The van der Waals surface area contributed by atoms with Gasteiger partial charge in [0.1, 0.15) is 0 Å². The van der Waals surface area contributed by atoms with Crippen molar-refractivity contribution >= 4 is 23.5 Å². The number of hydrogen-bond acceptors (Lipinski definition) is 4. The first-order valence-electron chi connectivity index (χ1n) is 9.87. The SMILES string of the molecule is Cc1ccc(NC(=O)[C@@H](C)OC(=O)C2CCN(C(=O)C(C)(C)C)CC2)c(C)c1. The number of aryl methyl sites for hydroxylation is 2. The third-order valence-corrected chi connectivity index (χ3v) is 5.06. The molecule has 0 radical (unpaired) electrons. The van der Waals surface area contributed by atoms with E-state index in [4.69, 9.17) is 4.74 Å². The fourth-order valence-corrected chi connectivity index (χ4v) is 3.30. The molecule has 1 N–H and O–H groups in total. The van der Waals surface area contributed by atoms with Gasteiger partial charge in [-0.1, -0.05) is 38.5 Å². The Balaban J connectivity index is 1.85. The van der Waals surface area contributed by atoms with Crippen LogP contribution in [0.3, 0.4) is 0 Å². The second-order valence-electron chi connectivity index (χ2n) is 8.70. The molecule has 1 saturated heterocycles. The van der Waals surface area contributed by atoms with Crippen molar-refractivity contribution in [3.05, 3.63) is 29.3 Å². The first-order chi connectivity index (χ1) is 13.0. The average molecular weight is 389 g/mol. The molecule has 1 aliphatic heterocycles. The number of rotatable bonds is 4. The summed E-state index contributed by atoms with van der Waals surface area (Å²) < 4.78 is 5.40. The summed E-state index contributed by atoms with van der Waals surface area (Å²) >= 11 is 0. The molecule has 1 aliphatic rings. The van der Waals surface area contributed by atoms with Gasteiger partial charge in [-0.05, 0) is 45.2 Å². The van der Waals surface area contributed by atoms with Gasteiger partial charge < -0.3 is 15.0 Å². The van der Waals surface area contributed by atoms with Gasteiger partial charge >= 0.3 is 5.97 Å². The molecule has 2 amide bonds. The van der Waals surface area contributed by atoms with Gasteiger partial charge in [0.15, 0.2) is 6.10 Å². The van der Waals surface area contributed by atoms with Crippen LogP contribution in [-0.4, -0.2) is 41.9 Å². The predicted molar refractivity (Wildman–Crippen MR) is 109 cm³/mol. The number of amides is 2. The lowest BCUT2D eigenvalue weighted by molar-refractivity contribution is -0.160. The summed E-state index contributed by atoms with van der Waals surface area (Å²) in [4.78, 5) is 39.0. The van der Waals surface area contributed by atoms with Crippen molar-refractivity contribution < 1.29 is 19.1 Å². The Bertz CT molecular complexity index is 743. The van der Waals surface area contributed by atoms with Gasteiger partial charge in [0.2, 0.25) is 5.91 Å². The molecule has 1 atom stereocenters. The summed E-state index contributed by atoms with van der Waals surface area (Å²) in [7, 11) is 0. The number of anilines is 1. The fraction of sp³-hybridized carbons (Fsp3) is 0.591. The quantitative estimate of drug-likeness (QED) is 0.802. The van der Waals surface area contributed by atoms with Crippen LogP contribution >= 0.6 is 0 Å². The number of carbonyl (C=O) groups excluding carboxylic acids is 3. The van der Waals surface area contributed by atoms with E-state index in [2.05, 4.69) is 5.32 Å². The Morgan fingerprint density at radius 1 is 1.14 bits per heavy atom. The number of carbonyl (C=O) groups is 3. The topological polar surface area (TPSA) is 75.7 Å². The van der Waals surface area contributed by atoms with Crippen LogP contribution < -0.4 is 5.32 Å². The third-order valence-electron chi connectivity index (χ3n) is 5.06. The van der Waals surface area contributed by atoms with E-state index in [1.165, 1.54) is 0 Å². The molecule has 0 unspecified atom stereocenters. The maximum atomic E-state index is 12.4. The number of esters is 1. The van der Waals surface area contributed by atoms with Crippen molar-refractivity contribution in [1.29, 1.82) is 0 Å². The molecule has 1 aromatic rings. The molecule has 6 nitrogen and oxygen atoms in total. The molecule has 1 aromatic carbocycles. The first-order valence-corrected chi connectivity index (χ1v) is 9.87. The number of benzene rings is 1. The minimum absolute atomic E-state index is 0.0977. The number of piperidine rings is 1. The van der Waals surface area contributed by atoms with Crippen molar-refractivity contribution in [2.75, 3.05) is 18.4 Å². The van der Waals surface area contributed by atoms with Crippen molar-refractivity contribution in [1.82, 2.24) is 4.90 Å². The third kappa shape index (κ3) is 5.57.